The van der Waals surface area contributed by atoms with Crippen molar-refractivity contribution in [3.8, 4) is 11.5 Å². The summed E-state index contributed by atoms with van der Waals surface area (Å²) in [5.41, 5.74) is 5.53. The summed E-state index contributed by atoms with van der Waals surface area (Å²) in [6, 6.07) is 3.47. The fourth-order valence-corrected chi connectivity index (χ4v) is 1.43. The standard InChI is InChI=1S/C11H11NO4/c1-6(11(13)14)2-7-3-9-10(4-8(7)12)16-5-15-9/h2-4H,5,12H2,1H3,(H,13,14)/p+1/b6-2+. The molecule has 0 atom stereocenters. The van der Waals surface area contributed by atoms with Gasteiger partial charge in [0, 0.05) is 17.2 Å². The molecule has 0 radical (unpaired) electrons. The van der Waals surface area contributed by atoms with Crippen LogP contribution in [0.3, 0.4) is 0 Å². The van der Waals surface area contributed by atoms with Crippen molar-refractivity contribution in [2.45, 2.75) is 6.92 Å². The first kappa shape index (κ1) is 10.5. The molecule has 0 bridgehead atoms. The molecule has 1 aliphatic rings. The fraction of sp³-hybridized carbons (Fsp3) is 0.182. The van der Waals surface area contributed by atoms with Crippen molar-refractivity contribution in [1.29, 1.82) is 0 Å². The lowest BCUT2D eigenvalue weighted by Crippen LogP contribution is -2.41. The Kier molecular flexibility index (Phi) is 2.54. The molecule has 0 aliphatic carbocycles. The molecule has 84 valence electrons. The summed E-state index contributed by atoms with van der Waals surface area (Å²) in [6.07, 6.45) is 1.56. The van der Waals surface area contributed by atoms with Gasteiger partial charge in [-0.1, -0.05) is 0 Å². The van der Waals surface area contributed by atoms with E-state index in [1.54, 1.807) is 18.2 Å². The van der Waals surface area contributed by atoms with Crippen LogP contribution in [0.4, 0.5) is 5.69 Å². The van der Waals surface area contributed by atoms with Gasteiger partial charge in [0.15, 0.2) is 11.5 Å². The monoisotopic (exact) mass is 222 g/mol. The molecule has 1 aromatic rings. The highest BCUT2D eigenvalue weighted by atomic mass is 16.7. The van der Waals surface area contributed by atoms with E-state index in [9.17, 15) is 4.79 Å². The van der Waals surface area contributed by atoms with Crippen LogP contribution in [-0.4, -0.2) is 17.9 Å². The molecule has 0 amide bonds. The summed E-state index contributed by atoms with van der Waals surface area (Å²) in [6.45, 7) is 1.73. The smallest absolute Gasteiger partial charge is 0.331 e. The lowest BCUT2D eigenvalue weighted by molar-refractivity contribution is -0.255. The molecular weight excluding hydrogens is 210 g/mol. The van der Waals surface area contributed by atoms with Gasteiger partial charge in [-0.25, -0.2) is 4.79 Å². The molecule has 5 nitrogen and oxygen atoms in total. The number of fused-ring (bicyclic) bond motifs is 1. The van der Waals surface area contributed by atoms with E-state index in [2.05, 4.69) is 5.73 Å². The van der Waals surface area contributed by atoms with Crippen LogP contribution in [0.2, 0.25) is 0 Å². The van der Waals surface area contributed by atoms with E-state index >= 15 is 0 Å². The molecule has 1 aliphatic heterocycles. The van der Waals surface area contributed by atoms with E-state index in [1.165, 1.54) is 6.92 Å². The number of quaternary nitrogens is 1. The Labute approximate surface area is 92.1 Å². The van der Waals surface area contributed by atoms with Crippen molar-refractivity contribution in [2.24, 2.45) is 0 Å². The van der Waals surface area contributed by atoms with E-state index < -0.39 is 5.97 Å². The van der Waals surface area contributed by atoms with E-state index in [0.717, 1.165) is 5.56 Å². The van der Waals surface area contributed by atoms with Crippen molar-refractivity contribution in [2.75, 3.05) is 6.79 Å². The number of hydrogen-bond donors (Lipinski definition) is 2. The lowest BCUT2D eigenvalue weighted by atomic mass is 10.1. The van der Waals surface area contributed by atoms with Gasteiger partial charge in [0.2, 0.25) is 6.79 Å². The molecule has 0 unspecified atom stereocenters. The second kappa shape index (κ2) is 3.86. The Balaban J connectivity index is 2.43. The number of aliphatic carboxylic acids is 1. The van der Waals surface area contributed by atoms with Crippen LogP contribution in [0.25, 0.3) is 6.08 Å². The third kappa shape index (κ3) is 1.85. The number of carboxylic acids is 1. The fourth-order valence-electron chi connectivity index (χ4n) is 1.43. The van der Waals surface area contributed by atoms with Gasteiger partial charge in [0.1, 0.15) is 5.69 Å². The van der Waals surface area contributed by atoms with E-state index in [-0.39, 0.29) is 12.4 Å². The van der Waals surface area contributed by atoms with Gasteiger partial charge in [-0.3, -0.25) is 0 Å². The summed E-state index contributed by atoms with van der Waals surface area (Å²) < 4.78 is 10.4. The summed E-state index contributed by atoms with van der Waals surface area (Å²) in [5, 5.41) is 8.78. The van der Waals surface area contributed by atoms with Crippen LogP contribution >= 0.6 is 0 Å². The highest BCUT2D eigenvalue weighted by Gasteiger charge is 2.17. The van der Waals surface area contributed by atoms with Gasteiger partial charge in [0.05, 0.1) is 0 Å². The van der Waals surface area contributed by atoms with E-state index in [0.29, 0.717) is 17.2 Å². The number of hydrogen-bond acceptors (Lipinski definition) is 3. The molecule has 1 heterocycles. The number of ether oxygens (including phenoxy) is 2. The number of carboxylic acid groups (broad SMARTS) is 1. The predicted octanol–water partition coefficient (Wildman–Crippen LogP) is 0.777. The van der Waals surface area contributed by atoms with Crippen LogP contribution in [0.5, 0.6) is 11.5 Å². The molecular formula is C11H12NO4+. The zero-order valence-electron chi connectivity index (χ0n) is 8.82. The molecule has 2 rings (SSSR count). The van der Waals surface area contributed by atoms with Gasteiger partial charge in [-0.15, -0.1) is 0 Å². The Morgan fingerprint density at radius 3 is 2.69 bits per heavy atom. The molecule has 0 fully saturated rings. The number of benzene rings is 1. The Hall–Kier alpha value is -2.01. The zero-order valence-corrected chi connectivity index (χ0v) is 8.82. The van der Waals surface area contributed by atoms with Crippen molar-refractivity contribution in [3.63, 3.8) is 0 Å². The highest BCUT2D eigenvalue weighted by Crippen LogP contribution is 2.36. The molecule has 5 heteroatoms. The molecule has 1 aromatic carbocycles. The second-order valence-corrected chi connectivity index (χ2v) is 3.54. The van der Waals surface area contributed by atoms with Gasteiger partial charge < -0.3 is 20.3 Å². The minimum Gasteiger partial charge on any atom is -0.478 e. The van der Waals surface area contributed by atoms with Crippen molar-refractivity contribution >= 4 is 17.7 Å². The van der Waals surface area contributed by atoms with Crippen LogP contribution in [-0.2, 0) is 4.79 Å². The predicted molar refractivity (Wildman–Crippen MR) is 56.4 cm³/mol. The topological polar surface area (TPSA) is 83.4 Å². The Morgan fingerprint density at radius 1 is 1.44 bits per heavy atom. The SMILES string of the molecule is C/C(=C\c1cc2c(cc1[NH3+])OCO2)C(=O)O. The molecule has 0 aromatic heterocycles. The quantitative estimate of drug-likeness (QED) is 0.724. The van der Waals surface area contributed by atoms with Crippen LogP contribution in [0.15, 0.2) is 17.7 Å². The van der Waals surface area contributed by atoms with Gasteiger partial charge in [-0.2, -0.15) is 0 Å². The molecule has 0 saturated heterocycles. The largest absolute Gasteiger partial charge is 0.478 e. The first-order chi connectivity index (χ1) is 7.58. The van der Waals surface area contributed by atoms with Crippen LogP contribution < -0.4 is 15.2 Å². The maximum Gasteiger partial charge on any atom is 0.331 e. The molecule has 0 spiro atoms. The highest BCUT2D eigenvalue weighted by molar-refractivity contribution is 5.92. The maximum absolute atomic E-state index is 10.7. The van der Waals surface area contributed by atoms with Gasteiger partial charge in [-0.05, 0) is 19.1 Å². The minimum absolute atomic E-state index is 0.194. The average Bonchev–Trinajstić information content (AvgIpc) is 2.65. The molecule has 4 N–H and O–H groups in total. The average molecular weight is 222 g/mol. The third-order valence-corrected chi connectivity index (χ3v) is 2.34. The van der Waals surface area contributed by atoms with Crippen molar-refractivity contribution < 1.29 is 25.1 Å². The number of carbonyl (C=O) groups is 1. The van der Waals surface area contributed by atoms with Crippen molar-refractivity contribution in [1.82, 2.24) is 0 Å². The maximum atomic E-state index is 10.7. The van der Waals surface area contributed by atoms with Gasteiger partial charge >= 0.3 is 5.97 Å². The summed E-state index contributed by atoms with van der Waals surface area (Å²) in [5.74, 6) is 0.323. The van der Waals surface area contributed by atoms with E-state index in [4.69, 9.17) is 14.6 Å². The van der Waals surface area contributed by atoms with E-state index in [1.807, 2.05) is 0 Å². The normalized spacial score (nSPS) is 14.0. The summed E-state index contributed by atoms with van der Waals surface area (Å²) >= 11 is 0. The second-order valence-electron chi connectivity index (χ2n) is 3.54. The third-order valence-electron chi connectivity index (χ3n) is 2.34. The van der Waals surface area contributed by atoms with Crippen LogP contribution in [0, 0.1) is 0 Å². The molecule has 0 saturated carbocycles. The first-order valence-electron chi connectivity index (χ1n) is 4.75. The van der Waals surface area contributed by atoms with Crippen LogP contribution in [0.1, 0.15) is 12.5 Å². The number of rotatable bonds is 2. The van der Waals surface area contributed by atoms with Gasteiger partial charge in [0.25, 0.3) is 0 Å². The molecule has 16 heavy (non-hydrogen) atoms. The van der Waals surface area contributed by atoms with Crippen molar-refractivity contribution in [3.05, 3.63) is 23.3 Å². The zero-order chi connectivity index (χ0) is 11.7. The first-order valence-corrected chi connectivity index (χ1v) is 4.75. The Bertz CT molecular complexity index is 479. The Morgan fingerprint density at radius 2 is 2.06 bits per heavy atom. The minimum atomic E-state index is -0.947. The summed E-state index contributed by atoms with van der Waals surface area (Å²) in [4.78, 5) is 10.7. The summed E-state index contributed by atoms with van der Waals surface area (Å²) in [7, 11) is 0. The lowest BCUT2D eigenvalue weighted by Gasteiger charge is -2.01.